The minimum atomic E-state index is -0.552. The SMILES string of the molecule is CC(C)(C)OC(=O)N1CCC(C(=O)Oc2ccc3c(c2)oc(=O)c2ccccc23)CC1. The Labute approximate surface area is 179 Å². The number of esters is 1. The first-order valence-electron chi connectivity index (χ1n) is 10.4. The molecule has 1 amide bonds. The van der Waals surface area contributed by atoms with Crippen molar-refractivity contribution in [2.75, 3.05) is 13.1 Å². The molecule has 1 aliphatic heterocycles. The van der Waals surface area contributed by atoms with Crippen molar-refractivity contribution in [2.24, 2.45) is 5.92 Å². The fraction of sp³-hybridized carbons (Fsp3) is 0.375. The lowest BCUT2D eigenvalue weighted by atomic mass is 9.97. The lowest BCUT2D eigenvalue weighted by molar-refractivity contribution is -0.140. The van der Waals surface area contributed by atoms with E-state index in [4.69, 9.17) is 13.9 Å². The number of likely N-dealkylation sites (tertiary alicyclic amines) is 1. The van der Waals surface area contributed by atoms with Crippen LogP contribution >= 0.6 is 0 Å². The van der Waals surface area contributed by atoms with Crippen LogP contribution in [0.2, 0.25) is 0 Å². The third kappa shape index (κ3) is 4.55. The van der Waals surface area contributed by atoms with Crippen LogP contribution in [-0.4, -0.2) is 35.7 Å². The molecule has 7 heteroatoms. The highest BCUT2D eigenvalue weighted by atomic mass is 16.6. The Morgan fingerprint density at radius 2 is 1.68 bits per heavy atom. The summed E-state index contributed by atoms with van der Waals surface area (Å²) >= 11 is 0. The molecule has 2 aromatic carbocycles. The largest absolute Gasteiger partial charge is 0.444 e. The molecule has 0 spiro atoms. The van der Waals surface area contributed by atoms with Crippen LogP contribution in [0.4, 0.5) is 4.79 Å². The molecule has 3 aromatic rings. The van der Waals surface area contributed by atoms with Crippen LogP contribution in [0.5, 0.6) is 5.75 Å². The Bertz CT molecular complexity index is 1200. The Balaban J connectivity index is 1.44. The monoisotopic (exact) mass is 423 g/mol. The molecule has 1 saturated heterocycles. The molecule has 1 aromatic heterocycles. The number of nitrogens with zero attached hydrogens (tertiary/aromatic N) is 1. The number of carbonyl (C=O) groups excluding carboxylic acids is 2. The van der Waals surface area contributed by atoms with Crippen molar-refractivity contribution in [2.45, 2.75) is 39.2 Å². The molecular weight excluding hydrogens is 398 g/mol. The van der Waals surface area contributed by atoms with Crippen LogP contribution in [0, 0.1) is 5.92 Å². The predicted molar refractivity (Wildman–Crippen MR) is 116 cm³/mol. The summed E-state index contributed by atoms with van der Waals surface area (Å²) in [7, 11) is 0. The molecule has 1 aliphatic rings. The summed E-state index contributed by atoms with van der Waals surface area (Å²) in [5.41, 5.74) is -0.613. The molecule has 162 valence electrons. The Morgan fingerprint density at radius 3 is 2.35 bits per heavy atom. The smallest absolute Gasteiger partial charge is 0.410 e. The van der Waals surface area contributed by atoms with E-state index in [-0.39, 0.29) is 18.0 Å². The number of piperidine rings is 1. The lowest BCUT2D eigenvalue weighted by Crippen LogP contribution is -2.43. The van der Waals surface area contributed by atoms with Crippen molar-refractivity contribution >= 4 is 33.8 Å². The van der Waals surface area contributed by atoms with Gasteiger partial charge in [0.15, 0.2) is 0 Å². The van der Waals surface area contributed by atoms with E-state index in [0.29, 0.717) is 42.6 Å². The van der Waals surface area contributed by atoms with Crippen LogP contribution in [0.1, 0.15) is 33.6 Å². The highest BCUT2D eigenvalue weighted by molar-refractivity contribution is 6.04. The van der Waals surface area contributed by atoms with Gasteiger partial charge in [-0.15, -0.1) is 0 Å². The topological polar surface area (TPSA) is 86.1 Å². The summed E-state index contributed by atoms with van der Waals surface area (Å²) < 4.78 is 16.4. The molecule has 0 bridgehead atoms. The minimum Gasteiger partial charge on any atom is -0.444 e. The maximum atomic E-state index is 12.6. The molecule has 1 fully saturated rings. The highest BCUT2D eigenvalue weighted by Gasteiger charge is 2.31. The number of ether oxygens (including phenoxy) is 2. The third-order valence-corrected chi connectivity index (χ3v) is 5.29. The van der Waals surface area contributed by atoms with Crippen molar-refractivity contribution in [3.05, 3.63) is 52.9 Å². The van der Waals surface area contributed by atoms with E-state index in [1.807, 2.05) is 32.9 Å². The zero-order valence-electron chi connectivity index (χ0n) is 17.8. The van der Waals surface area contributed by atoms with E-state index in [9.17, 15) is 14.4 Å². The first-order chi connectivity index (χ1) is 14.7. The number of hydrogen-bond donors (Lipinski definition) is 0. The average Bonchev–Trinajstić information content (AvgIpc) is 2.73. The number of amides is 1. The Hall–Kier alpha value is -3.35. The van der Waals surface area contributed by atoms with Crippen molar-refractivity contribution in [1.82, 2.24) is 4.90 Å². The van der Waals surface area contributed by atoms with E-state index in [1.54, 1.807) is 35.2 Å². The van der Waals surface area contributed by atoms with Gasteiger partial charge in [-0.05, 0) is 57.2 Å². The maximum Gasteiger partial charge on any atom is 0.410 e. The van der Waals surface area contributed by atoms with Gasteiger partial charge in [0.25, 0.3) is 0 Å². The van der Waals surface area contributed by atoms with Crippen molar-refractivity contribution in [1.29, 1.82) is 0 Å². The van der Waals surface area contributed by atoms with Gasteiger partial charge in [-0.25, -0.2) is 9.59 Å². The van der Waals surface area contributed by atoms with Gasteiger partial charge >= 0.3 is 17.7 Å². The van der Waals surface area contributed by atoms with E-state index in [0.717, 1.165) is 10.8 Å². The van der Waals surface area contributed by atoms with Gasteiger partial charge in [0.1, 0.15) is 16.9 Å². The molecule has 0 atom stereocenters. The second kappa shape index (κ2) is 8.06. The molecule has 7 nitrogen and oxygen atoms in total. The van der Waals surface area contributed by atoms with E-state index in [1.165, 1.54) is 0 Å². The average molecular weight is 423 g/mol. The molecule has 4 rings (SSSR count). The number of fused-ring (bicyclic) bond motifs is 3. The summed E-state index contributed by atoms with van der Waals surface area (Å²) in [6, 6.07) is 12.3. The quantitative estimate of drug-likeness (QED) is 0.261. The molecule has 0 N–H and O–H groups in total. The van der Waals surface area contributed by atoms with Crippen LogP contribution < -0.4 is 10.4 Å². The predicted octanol–water partition coefficient (Wildman–Crippen LogP) is 4.50. The fourth-order valence-corrected chi connectivity index (χ4v) is 3.75. The van der Waals surface area contributed by atoms with Gasteiger partial charge < -0.3 is 18.8 Å². The number of rotatable bonds is 2. The fourth-order valence-electron chi connectivity index (χ4n) is 3.75. The van der Waals surface area contributed by atoms with Gasteiger partial charge in [0, 0.05) is 24.5 Å². The van der Waals surface area contributed by atoms with Gasteiger partial charge in [-0.3, -0.25) is 4.79 Å². The molecule has 0 radical (unpaired) electrons. The summed E-state index contributed by atoms with van der Waals surface area (Å²) in [6.07, 6.45) is 0.646. The van der Waals surface area contributed by atoms with Gasteiger partial charge in [0.05, 0.1) is 11.3 Å². The van der Waals surface area contributed by atoms with Gasteiger partial charge in [-0.1, -0.05) is 18.2 Å². The standard InChI is InChI=1S/C24H25NO6/c1-24(2,3)31-23(28)25-12-10-15(11-13-25)21(26)29-16-8-9-18-17-6-4-5-7-19(17)22(27)30-20(18)14-16/h4-9,14-15H,10-13H2,1-3H3. The molecule has 31 heavy (non-hydrogen) atoms. The second-order valence-corrected chi connectivity index (χ2v) is 8.76. The minimum absolute atomic E-state index is 0.307. The summed E-state index contributed by atoms with van der Waals surface area (Å²) in [6.45, 7) is 6.34. The molecule has 2 heterocycles. The first kappa shape index (κ1) is 20.9. The van der Waals surface area contributed by atoms with Crippen molar-refractivity contribution in [3.63, 3.8) is 0 Å². The van der Waals surface area contributed by atoms with E-state index < -0.39 is 11.2 Å². The third-order valence-electron chi connectivity index (χ3n) is 5.29. The van der Waals surface area contributed by atoms with Crippen molar-refractivity contribution in [3.8, 4) is 5.75 Å². The van der Waals surface area contributed by atoms with Crippen LogP contribution in [0.15, 0.2) is 51.7 Å². The van der Waals surface area contributed by atoms with Crippen molar-refractivity contribution < 1.29 is 23.5 Å². The van der Waals surface area contributed by atoms with Crippen LogP contribution in [0.3, 0.4) is 0 Å². The van der Waals surface area contributed by atoms with Gasteiger partial charge in [0.2, 0.25) is 0 Å². The van der Waals surface area contributed by atoms with E-state index >= 15 is 0 Å². The summed E-state index contributed by atoms with van der Waals surface area (Å²) in [5.74, 6) is -0.338. The number of carbonyl (C=O) groups is 2. The van der Waals surface area contributed by atoms with Crippen LogP contribution in [0.25, 0.3) is 21.7 Å². The van der Waals surface area contributed by atoms with E-state index in [2.05, 4.69) is 0 Å². The zero-order valence-corrected chi connectivity index (χ0v) is 17.8. The number of hydrogen-bond acceptors (Lipinski definition) is 6. The second-order valence-electron chi connectivity index (χ2n) is 8.76. The molecular formula is C24H25NO6. The zero-order chi connectivity index (χ0) is 22.2. The lowest BCUT2D eigenvalue weighted by Gasteiger charge is -2.32. The molecule has 0 aliphatic carbocycles. The Morgan fingerprint density at radius 1 is 1.00 bits per heavy atom. The Kier molecular flexibility index (Phi) is 5.43. The maximum absolute atomic E-state index is 12.6. The summed E-state index contributed by atoms with van der Waals surface area (Å²) in [4.78, 5) is 38.7. The molecule has 0 unspecified atom stereocenters. The number of benzene rings is 2. The first-order valence-corrected chi connectivity index (χ1v) is 10.4. The summed E-state index contributed by atoms with van der Waals surface area (Å²) in [5, 5.41) is 2.08. The normalized spacial score (nSPS) is 15.3. The van der Waals surface area contributed by atoms with Crippen LogP contribution in [-0.2, 0) is 9.53 Å². The molecule has 0 saturated carbocycles. The van der Waals surface area contributed by atoms with Gasteiger partial charge in [-0.2, -0.15) is 0 Å². The highest BCUT2D eigenvalue weighted by Crippen LogP contribution is 2.28.